The van der Waals surface area contributed by atoms with Crippen LogP contribution in [0.1, 0.15) is 5.69 Å². The molecule has 0 spiro atoms. The summed E-state index contributed by atoms with van der Waals surface area (Å²) in [7, 11) is 0. The van der Waals surface area contributed by atoms with Crippen molar-refractivity contribution in [2.45, 2.75) is 10.6 Å². The molecular weight excluding hydrogens is 272 g/mol. The molecule has 0 bridgehead atoms. The van der Waals surface area contributed by atoms with E-state index >= 15 is 0 Å². The summed E-state index contributed by atoms with van der Waals surface area (Å²) in [6.07, 6.45) is 1.66. The van der Waals surface area contributed by atoms with Gasteiger partial charge in [0.15, 0.2) is 0 Å². The van der Waals surface area contributed by atoms with Crippen molar-refractivity contribution in [3.63, 3.8) is 0 Å². The summed E-state index contributed by atoms with van der Waals surface area (Å²) in [5, 5.41) is 11.2. The van der Waals surface area contributed by atoms with E-state index in [1.807, 2.05) is 0 Å². The SMILES string of the molecule is O=[N+]([O-])c1ccc(SCc2cc(Cl)ccn2)cc1. The van der Waals surface area contributed by atoms with Gasteiger partial charge in [0.25, 0.3) is 5.69 Å². The minimum atomic E-state index is -0.410. The summed E-state index contributed by atoms with van der Waals surface area (Å²) >= 11 is 7.42. The Hall–Kier alpha value is -1.59. The van der Waals surface area contributed by atoms with Gasteiger partial charge in [-0.25, -0.2) is 0 Å². The van der Waals surface area contributed by atoms with Gasteiger partial charge in [-0.2, -0.15) is 0 Å². The predicted octanol–water partition coefficient (Wildman–Crippen LogP) is 3.94. The van der Waals surface area contributed by atoms with Crippen molar-refractivity contribution < 1.29 is 4.92 Å². The van der Waals surface area contributed by atoms with Gasteiger partial charge in [0.2, 0.25) is 0 Å². The summed E-state index contributed by atoms with van der Waals surface area (Å²) < 4.78 is 0. The van der Waals surface area contributed by atoms with Crippen LogP contribution in [0, 0.1) is 10.1 Å². The molecule has 0 N–H and O–H groups in total. The minimum Gasteiger partial charge on any atom is -0.260 e. The standard InChI is InChI=1S/C12H9ClN2O2S/c13-9-5-6-14-10(7-9)8-18-12-3-1-11(2-4-12)15(16)17/h1-7H,8H2. The molecule has 0 aliphatic heterocycles. The summed E-state index contributed by atoms with van der Waals surface area (Å²) in [4.78, 5) is 15.2. The first-order valence-electron chi connectivity index (χ1n) is 5.13. The van der Waals surface area contributed by atoms with E-state index in [4.69, 9.17) is 11.6 Å². The van der Waals surface area contributed by atoms with Crippen LogP contribution in [0.5, 0.6) is 0 Å². The zero-order valence-corrected chi connectivity index (χ0v) is 10.8. The van der Waals surface area contributed by atoms with E-state index in [0.717, 1.165) is 10.6 Å². The number of rotatable bonds is 4. The summed E-state index contributed by atoms with van der Waals surface area (Å²) in [5.41, 5.74) is 0.978. The smallest absolute Gasteiger partial charge is 0.260 e. The molecule has 0 radical (unpaired) electrons. The first-order chi connectivity index (χ1) is 8.65. The second-order valence-corrected chi connectivity index (χ2v) is 4.99. The summed E-state index contributed by atoms with van der Waals surface area (Å²) in [6.45, 7) is 0. The molecule has 0 aliphatic rings. The van der Waals surface area contributed by atoms with Crippen molar-refractivity contribution in [3.05, 3.63) is 63.4 Å². The topological polar surface area (TPSA) is 56.0 Å². The summed E-state index contributed by atoms with van der Waals surface area (Å²) in [6, 6.07) is 9.98. The molecule has 0 amide bonds. The molecule has 0 saturated heterocycles. The molecule has 1 aromatic carbocycles. The molecule has 0 saturated carbocycles. The van der Waals surface area contributed by atoms with E-state index in [1.165, 1.54) is 12.1 Å². The number of hydrogen-bond donors (Lipinski definition) is 0. The lowest BCUT2D eigenvalue weighted by Gasteiger charge is -2.01. The van der Waals surface area contributed by atoms with Crippen molar-refractivity contribution >= 4 is 29.1 Å². The molecule has 2 rings (SSSR count). The number of nitro benzene ring substituents is 1. The molecular formula is C12H9ClN2O2S. The number of halogens is 1. The van der Waals surface area contributed by atoms with E-state index in [9.17, 15) is 10.1 Å². The Bertz CT molecular complexity index is 560. The van der Waals surface area contributed by atoms with E-state index in [1.54, 1.807) is 42.2 Å². The van der Waals surface area contributed by atoms with Gasteiger partial charge in [-0.15, -0.1) is 11.8 Å². The predicted molar refractivity (Wildman–Crippen MR) is 71.9 cm³/mol. The fraction of sp³-hybridized carbons (Fsp3) is 0.0833. The molecule has 92 valence electrons. The molecule has 0 unspecified atom stereocenters. The molecule has 0 atom stereocenters. The molecule has 2 aromatic rings. The van der Waals surface area contributed by atoms with Crippen LogP contribution in [-0.2, 0) is 5.75 Å². The highest BCUT2D eigenvalue weighted by Gasteiger charge is 2.04. The lowest BCUT2D eigenvalue weighted by atomic mass is 10.3. The maximum Gasteiger partial charge on any atom is 0.269 e. The largest absolute Gasteiger partial charge is 0.269 e. The first kappa shape index (κ1) is 12.9. The van der Waals surface area contributed by atoms with Crippen LogP contribution in [0.4, 0.5) is 5.69 Å². The average molecular weight is 281 g/mol. The zero-order chi connectivity index (χ0) is 13.0. The normalized spacial score (nSPS) is 10.3. The molecule has 6 heteroatoms. The number of pyridine rings is 1. The molecule has 4 nitrogen and oxygen atoms in total. The van der Waals surface area contributed by atoms with Crippen LogP contribution >= 0.6 is 23.4 Å². The number of non-ortho nitro benzene ring substituents is 1. The van der Waals surface area contributed by atoms with Gasteiger partial charge in [-0.05, 0) is 24.3 Å². The van der Waals surface area contributed by atoms with Crippen LogP contribution in [0.15, 0.2) is 47.5 Å². The van der Waals surface area contributed by atoms with E-state index in [2.05, 4.69) is 4.98 Å². The van der Waals surface area contributed by atoms with Gasteiger partial charge < -0.3 is 0 Å². The van der Waals surface area contributed by atoms with E-state index in [0.29, 0.717) is 10.8 Å². The van der Waals surface area contributed by atoms with Gasteiger partial charge in [-0.3, -0.25) is 15.1 Å². The fourth-order valence-corrected chi connectivity index (χ4v) is 2.33. The van der Waals surface area contributed by atoms with E-state index < -0.39 is 4.92 Å². The zero-order valence-electron chi connectivity index (χ0n) is 9.25. The average Bonchev–Trinajstić information content (AvgIpc) is 2.37. The van der Waals surface area contributed by atoms with Crippen molar-refractivity contribution in [2.75, 3.05) is 0 Å². The van der Waals surface area contributed by atoms with Crippen LogP contribution in [0.25, 0.3) is 0 Å². The highest BCUT2D eigenvalue weighted by atomic mass is 35.5. The van der Waals surface area contributed by atoms with Gasteiger partial charge in [0.05, 0.1) is 10.6 Å². The van der Waals surface area contributed by atoms with Crippen LogP contribution < -0.4 is 0 Å². The molecule has 18 heavy (non-hydrogen) atoms. The first-order valence-corrected chi connectivity index (χ1v) is 6.49. The highest BCUT2D eigenvalue weighted by Crippen LogP contribution is 2.24. The Morgan fingerprint density at radius 2 is 2.00 bits per heavy atom. The minimum absolute atomic E-state index is 0.0974. The van der Waals surface area contributed by atoms with Crippen LogP contribution in [0.2, 0.25) is 5.02 Å². The number of hydrogen-bond acceptors (Lipinski definition) is 4. The monoisotopic (exact) mass is 280 g/mol. The lowest BCUT2D eigenvalue weighted by Crippen LogP contribution is -1.88. The Balaban J connectivity index is 2.00. The Labute approximate surface area is 113 Å². The molecule has 0 aliphatic carbocycles. The van der Waals surface area contributed by atoms with Gasteiger partial charge in [-0.1, -0.05) is 11.6 Å². The second kappa shape index (κ2) is 5.84. The molecule has 1 aromatic heterocycles. The second-order valence-electron chi connectivity index (χ2n) is 3.51. The van der Waals surface area contributed by atoms with Gasteiger partial charge in [0, 0.05) is 34.0 Å². The van der Waals surface area contributed by atoms with Gasteiger partial charge in [0.1, 0.15) is 0 Å². The quantitative estimate of drug-likeness (QED) is 0.484. The number of benzene rings is 1. The van der Waals surface area contributed by atoms with Crippen molar-refractivity contribution in [1.29, 1.82) is 0 Å². The number of thioether (sulfide) groups is 1. The number of aromatic nitrogens is 1. The maximum absolute atomic E-state index is 10.5. The van der Waals surface area contributed by atoms with Crippen LogP contribution in [-0.4, -0.2) is 9.91 Å². The Morgan fingerprint density at radius 3 is 2.61 bits per heavy atom. The number of nitro groups is 1. The molecule has 1 heterocycles. The van der Waals surface area contributed by atoms with Gasteiger partial charge >= 0.3 is 0 Å². The fourth-order valence-electron chi connectivity index (χ4n) is 1.35. The Kier molecular flexibility index (Phi) is 4.17. The maximum atomic E-state index is 10.5. The van der Waals surface area contributed by atoms with Crippen molar-refractivity contribution in [2.24, 2.45) is 0 Å². The Morgan fingerprint density at radius 1 is 1.28 bits per heavy atom. The highest BCUT2D eigenvalue weighted by molar-refractivity contribution is 7.98. The third-order valence-corrected chi connectivity index (χ3v) is 3.49. The third-order valence-electron chi connectivity index (χ3n) is 2.21. The lowest BCUT2D eigenvalue weighted by molar-refractivity contribution is -0.384. The third kappa shape index (κ3) is 3.45. The molecule has 0 fully saturated rings. The number of nitrogens with zero attached hydrogens (tertiary/aromatic N) is 2. The van der Waals surface area contributed by atoms with E-state index in [-0.39, 0.29) is 5.69 Å². The van der Waals surface area contributed by atoms with Crippen LogP contribution in [0.3, 0.4) is 0 Å². The van der Waals surface area contributed by atoms with Crippen molar-refractivity contribution in [1.82, 2.24) is 4.98 Å². The van der Waals surface area contributed by atoms with Crippen molar-refractivity contribution in [3.8, 4) is 0 Å². The summed E-state index contributed by atoms with van der Waals surface area (Å²) in [5.74, 6) is 0.679.